The van der Waals surface area contributed by atoms with Crippen LogP contribution in [0.2, 0.25) is 0 Å². The lowest BCUT2D eigenvalue weighted by Crippen LogP contribution is -2.38. The zero-order chi connectivity index (χ0) is 18.9. The SMILES string of the molecule is CCCNC(=NCc1ccn(-c2ccc(F)cc2)n1)NCCc1ccco1. The maximum atomic E-state index is 13.0. The van der Waals surface area contributed by atoms with Gasteiger partial charge in [0.2, 0.25) is 0 Å². The van der Waals surface area contributed by atoms with Crippen molar-refractivity contribution in [2.45, 2.75) is 26.3 Å². The van der Waals surface area contributed by atoms with Crippen LogP contribution in [0.3, 0.4) is 0 Å². The summed E-state index contributed by atoms with van der Waals surface area (Å²) in [6.45, 7) is 4.13. The number of halogens is 1. The highest BCUT2D eigenvalue weighted by atomic mass is 19.1. The molecular weight excluding hydrogens is 345 g/mol. The summed E-state index contributed by atoms with van der Waals surface area (Å²) in [6, 6.07) is 12.0. The quantitative estimate of drug-likeness (QED) is 0.472. The monoisotopic (exact) mass is 369 g/mol. The summed E-state index contributed by atoms with van der Waals surface area (Å²) in [4.78, 5) is 4.60. The lowest BCUT2D eigenvalue weighted by atomic mass is 10.3. The van der Waals surface area contributed by atoms with Gasteiger partial charge in [0.15, 0.2) is 5.96 Å². The minimum Gasteiger partial charge on any atom is -0.469 e. The maximum Gasteiger partial charge on any atom is 0.191 e. The van der Waals surface area contributed by atoms with Crippen molar-refractivity contribution in [2.75, 3.05) is 13.1 Å². The molecule has 0 spiro atoms. The Hall–Kier alpha value is -3.09. The highest BCUT2D eigenvalue weighted by Gasteiger charge is 2.03. The molecule has 0 fully saturated rings. The van der Waals surface area contributed by atoms with Gasteiger partial charge in [0.25, 0.3) is 0 Å². The van der Waals surface area contributed by atoms with E-state index in [1.54, 1.807) is 23.1 Å². The van der Waals surface area contributed by atoms with Crippen LogP contribution in [-0.4, -0.2) is 28.8 Å². The molecule has 7 heteroatoms. The fourth-order valence-corrected chi connectivity index (χ4v) is 2.52. The molecule has 2 aromatic heterocycles. The molecule has 27 heavy (non-hydrogen) atoms. The molecule has 0 aliphatic heterocycles. The minimum absolute atomic E-state index is 0.261. The first-order valence-electron chi connectivity index (χ1n) is 9.09. The zero-order valence-electron chi connectivity index (χ0n) is 15.4. The highest BCUT2D eigenvalue weighted by Crippen LogP contribution is 2.09. The molecule has 2 heterocycles. The number of hydrogen-bond donors (Lipinski definition) is 2. The second-order valence-corrected chi connectivity index (χ2v) is 6.08. The lowest BCUT2D eigenvalue weighted by molar-refractivity contribution is 0.506. The van der Waals surface area contributed by atoms with Crippen molar-refractivity contribution in [3.05, 3.63) is 72.2 Å². The largest absolute Gasteiger partial charge is 0.469 e. The average molecular weight is 369 g/mol. The van der Waals surface area contributed by atoms with Crippen LogP contribution in [0.1, 0.15) is 24.8 Å². The Balaban J connectivity index is 1.58. The van der Waals surface area contributed by atoms with Gasteiger partial charge in [-0.15, -0.1) is 0 Å². The number of aromatic nitrogens is 2. The summed E-state index contributed by atoms with van der Waals surface area (Å²) in [6.07, 6.45) is 5.33. The van der Waals surface area contributed by atoms with Crippen molar-refractivity contribution in [3.8, 4) is 5.69 Å². The Kier molecular flexibility index (Phi) is 6.62. The summed E-state index contributed by atoms with van der Waals surface area (Å²) in [7, 11) is 0. The van der Waals surface area contributed by atoms with Crippen molar-refractivity contribution >= 4 is 5.96 Å². The van der Waals surface area contributed by atoms with E-state index >= 15 is 0 Å². The summed E-state index contributed by atoms with van der Waals surface area (Å²) >= 11 is 0. The first-order valence-corrected chi connectivity index (χ1v) is 9.09. The van der Waals surface area contributed by atoms with Gasteiger partial charge in [-0.1, -0.05) is 6.92 Å². The molecule has 142 valence electrons. The first kappa shape index (κ1) is 18.7. The number of nitrogens with zero attached hydrogens (tertiary/aromatic N) is 3. The van der Waals surface area contributed by atoms with E-state index in [9.17, 15) is 4.39 Å². The van der Waals surface area contributed by atoms with Gasteiger partial charge >= 0.3 is 0 Å². The third kappa shape index (κ3) is 5.70. The average Bonchev–Trinajstić information content (AvgIpc) is 3.36. The van der Waals surface area contributed by atoms with Crippen molar-refractivity contribution < 1.29 is 8.81 Å². The van der Waals surface area contributed by atoms with Crippen LogP contribution in [0.15, 0.2) is 64.3 Å². The van der Waals surface area contributed by atoms with Gasteiger partial charge < -0.3 is 15.1 Å². The molecule has 0 radical (unpaired) electrons. The van der Waals surface area contributed by atoms with E-state index in [0.29, 0.717) is 6.54 Å². The molecule has 0 amide bonds. The summed E-state index contributed by atoms with van der Waals surface area (Å²) < 4.78 is 20.1. The van der Waals surface area contributed by atoms with Gasteiger partial charge in [0.1, 0.15) is 11.6 Å². The predicted octanol–water partition coefficient (Wildman–Crippen LogP) is 3.29. The Labute approximate surface area is 158 Å². The van der Waals surface area contributed by atoms with Crippen LogP contribution in [0.25, 0.3) is 5.69 Å². The maximum absolute atomic E-state index is 13.0. The molecule has 0 unspecified atom stereocenters. The number of aliphatic imine (C=N–C) groups is 1. The normalized spacial score (nSPS) is 11.6. The minimum atomic E-state index is -0.261. The molecule has 3 aromatic rings. The zero-order valence-corrected chi connectivity index (χ0v) is 15.4. The smallest absolute Gasteiger partial charge is 0.191 e. The molecule has 3 rings (SSSR count). The third-order valence-corrected chi connectivity index (χ3v) is 3.92. The molecule has 0 aliphatic rings. The Bertz CT molecular complexity index is 840. The number of guanidine groups is 1. The Morgan fingerprint density at radius 1 is 1.15 bits per heavy atom. The van der Waals surface area contributed by atoms with E-state index in [-0.39, 0.29) is 5.82 Å². The van der Waals surface area contributed by atoms with Gasteiger partial charge in [-0.2, -0.15) is 5.10 Å². The highest BCUT2D eigenvalue weighted by molar-refractivity contribution is 5.79. The third-order valence-electron chi connectivity index (χ3n) is 3.92. The summed E-state index contributed by atoms with van der Waals surface area (Å²) in [5, 5.41) is 11.1. The summed E-state index contributed by atoms with van der Waals surface area (Å²) in [5.41, 5.74) is 1.65. The number of hydrogen-bond acceptors (Lipinski definition) is 3. The van der Waals surface area contributed by atoms with Crippen LogP contribution in [-0.2, 0) is 13.0 Å². The van der Waals surface area contributed by atoms with E-state index in [4.69, 9.17) is 4.42 Å². The van der Waals surface area contributed by atoms with Crippen LogP contribution in [0.4, 0.5) is 4.39 Å². The van der Waals surface area contributed by atoms with Crippen LogP contribution in [0, 0.1) is 5.82 Å². The molecule has 0 bridgehead atoms. The number of benzene rings is 1. The topological polar surface area (TPSA) is 67.4 Å². The fourth-order valence-electron chi connectivity index (χ4n) is 2.52. The standard InChI is InChI=1S/C20H24FN5O/c1-2-11-22-20(23-12-9-19-4-3-14-27-19)24-15-17-10-13-26(25-17)18-7-5-16(21)6-8-18/h3-8,10,13-14H,2,9,11-12,15H2,1H3,(H2,22,23,24). The lowest BCUT2D eigenvalue weighted by Gasteiger charge is -2.11. The van der Waals surface area contributed by atoms with Crippen LogP contribution in [0.5, 0.6) is 0 Å². The molecule has 0 atom stereocenters. The van der Waals surface area contributed by atoms with Gasteiger partial charge in [0, 0.05) is 25.7 Å². The Morgan fingerprint density at radius 3 is 2.70 bits per heavy atom. The van der Waals surface area contributed by atoms with Gasteiger partial charge in [-0.25, -0.2) is 14.1 Å². The van der Waals surface area contributed by atoms with Crippen molar-refractivity contribution in [1.82, 2.24) is 20.4 Å². The van der Waals surface area contributed by atoms with E-state index < -0.39 is 0 Å². The molecule has 0 saturated carbocycles. The second-order valence-electron chi connectivity index (χ2n) is 6.08. The van der Waals surface area contributed by atoms with Crippen LogP contribution < -0.4 is 10.6 Å². The second kappa shape index (κ2) is 9.56. The van der Waals surface area contributed by atoms with E-state index in [1.165, 1.54) is 12.1 Å². The molecule has 6 nitrogen and oxygen atoms in total. The number of rotatable bonds is 8. The van der Waals surface area contributed by atoms with Crippen LogP contribution >= 0.6 is 0 Å². The predicted molar refractivity (Wildman–Crippen MR) is 103 cm³/mol. The van der Waals surface area contributed by atoms with Gasteiger partial charge in [-0.05, 0) is 48.9 Å². The Morgan fingerprint density at radius 2 is 1.96 bits per heavy atom. The van der Waals surface area contributed by atoms with Gasteiger partial charge in [-0.3, -0.25) is 0 Å². The summed E-state index contributed by atoms with van der Waals surface area (Å²) in [5.74, 6) is 1.43. The molecule has 0 aliphatic carbocycles. The number of nitrogens with one attached hydrogen (secondary N) is 2. The van der Waals surface area contributed by atoms with Crippen molar-refractivity contribution in [2.24, 2.45) is 4.99 Å². The van der Waals surface area contributed by atoms with E-state index in [2.05, 4.69) is 27.6 Å². The van der Waals surface area contributed by atoms with Crippen molar-refractivity contribution in [3.63, 3.8) is 0 Å². The van der Waals surface area contributed by atoms with E-state index in [0.717, 1.165) is 49.0 Å². The molecular formula is C20H24FN5O. The number of furan rings is 1. The fraction of sp³-hybridized carbons (Fsp3) is 0.300. The van der Waals surface area contributed by atoms with Gasteiger partial charge in [0.05, 0.1) is 24.2 Å². The first-order chi connectivity index (χ1) is 13.2. The molecule has 0 saturated heterocycles. The van der Waals surface area contributed by atoms with Crippen molar-refractivity contribution in [1.29, 1.82) is 0 Å². The molecule has 2 N–H and O–H groups in total. The molecule has 1 aromatic carbocycles. The van der Waals surface area contributed by atoms with E-state index in [1.807, 2.05) is 24.4 Å².